The van der Waals surface area contributed by atoms with Gasteiger partial charge in [-0.15, -0.1) is 0 Å². The lowest BCUT2D eigenvalue weighted by molar-refractivity contribution is 0.0785. The molecule has 0 radical (unpaired) electrons. The molecule has 132 valence electrons. The van der Waals surface area contributed by atoms with Crippen molar-refractivity contribution in [2.75, 3.05) is 13.1 Å². The van der Waals surface area contributed by atoms with E-state index in [0.29, 0.717) is 24.5 Å². The molecule has 1 aliphatic carbocycles. The molecule has 7 nitrogen and oxygen atoms in total. The molecule has 4 rings (SSSR count). The number of hydrogen-bond acceptors (Lipinski definition) is 5. The van der Waals surface area contributed by atoms with Crippen LogP contribution >= 0.6 is 0 Å². The van der Waals surface area contributed by atoms with Crippen LogP contribution in [-0.2, 0) is 7.05 Å². The number of aryl methyl sites for hydroxylation is 1. The minimum atomic E-state index is -0.0908. The highest BCUT2D eigenvalue weighted by Crippen LogP contribution is 2.28. The Morgan fingerprint density at radius 1 is 1.36 bits per heavy atom. The number of rotatable bonds is 4. The molecule has 2 aromatic heterocycles. The zero-order valence-corrected chi connectivity index (χ0v) is 14.3. The smallest absolute Gasteiger partial charge is 0.254 e. The van der Waals surface area contributed by atoms with Crippen LogP contribution in [0.4, 0.5) is 0 Å². The fourth-order valence-corrected chi connectivity index (χ4v) is 3.48. The van der Waals surface area contributed by atoms with Gasteiger partial charge in [-0.2, -0.15) is 0 Å². The minimum absolute atomic E-state index is 0.0269. The first-order chi connectivity index (χ1) is 12.1. The van der Waals surface area contributed by atoms with Crippen LogP contribution in [0.15, 0.2) is 30.9 Å². The van der Waals surface area contributed by atoms with Gasteiger partial charge in [0.05, 0.1) is 6.33 Å². The van der Waals surface area contributed by atoms with Gasteiger partial charge < -0.3 is 19.9 Å². The van der Waals surface area contributed by atoms with Crippen molar-refractivity contribution in [1.82, 2.24) is 19.4 Å². The van der Waals surface area contributed by atoms with E-state index >= 15 is 0 Å². The van der Waals surface area contributed by atoms with Crippen LogP contribution in [-0.4, -0.2) is 50.6 Å². The summed E-state index contributed by atoms with van der Waals surface area (Å²) in [4.78, 5) is 23.1. The molecule has 2 atom stereocenters. The molecule has 0 aromatic carbocycles. The molecule has 2 N–H and O–H groups in total. The summed E-state index contributed by atoms with van der Waals surface area (Å²) in [6.07, 6.45) is 8.79. The van der Waals surface area contributed by atoms with Crippen molar-refractivity contribution in [3.05, 3.63) is 42.1 Å². The largest absolute Gasteiger partial charge is 0.474 e. The number of nitrogens with two attached hydrogens (primary N) is 1. The van der Waals surface area contributed by atoms with Crippen molar-refractivity contribution < 1.29 is 9.53 Å². The summed E-state index contributed by atoms with van der Waals surface area (Å²) in [5.74, 6) is 0.604. The van der Waals surface area contributed by atoms with Gasteiger partial charge in [0.1, 0.15) is 6.10 Å². The van der Waals surface area contributed by atoms with Crippen LogP contribution in [0.1, 0.15) is 41.2 Å². The minimum Gasteiger partial charge on any atom is -0.474 e. The maximum absolute atomic E-state index is 12.9. The van der Waals surface area contributed by atoms with Crippen molar-refractivity contribution in [3.8, 4) is 5.88 Å². The van der Waals surface area contributed by atoms with Crippen LogP contribution in [0.5, 0.6) is 5.88 Å². The van der Waals surface area contributed by atoms with Crippen molar-refractivity contribution in [3.63, 3.8) is 0 Å². The average Bonchev–Trinajstić information content (AvgIpc) is 3.16. The van der Waals surface area contributed by atoms with Gasteiger partial charge in [0, 0.05) is 61.8 Å². The molecule has 2 fully saturated rings. The lowest BCUT2D eigenvalue weighted by atomic mass is 9.96. The predicted molar refractivity (Wildman–Crippen MR) is 92.3 cm³/mol. The highest BCUT2D eigenvalue weighted by atomic mass is 16.5. The fraction of sp³-hybridized carbons (Fsp3) is 0.500. The third kappa shape index (κ3) is 3.11. The number of aromatic nitrogens is 3. The lowest BCUT2D eigenvalue weighted by Gasteiger charge is -2.25. The van der Waals surface area contributed by atoms with E-state index in [1.807, 2.05) is 22.7 Å². The van der Waals surface area contributed by atoms with E-state index < -0.39 is 0 Å². The summed E-state index contributed by atoms with van der Waals surface area (Å²) in [6, 6.07) is 3.38. The van der Waals surface area contributed by atoms with Crippen LogP contribution in [0, 0.1) is 0 Å². The Hall–Kier alpha value is -2.41. The molecular formula is C18H23N5O2. The number of carbonyl (C=O) groups is 1. The van der Waals surface area contributed by atoms with Crippen molar-refractivity contribution in [2.45, 2.75) is 37.3 Å². The number of carbonyl (C=O) groups excluding carboxylic acids is 1. The molecule has 2 aliphatic rings. The second kappa shape index (κ2) is 6.48. The second-order valence-corrected chi connectivity index (χ2v) is 6.96. The van der Waals surface area contributed by atoms with E-state index in [1.165, 1.54) is 6.42 Å². The number of amides is 1. The quantitative estimate of drug-likeness (QED) is 0.906. The van der Waals surface area contributed by atoms with Crippen LogP contribution < -0.4 is 10.5 Å². The summed E-state index contributed by atoms with van der Waals surface area (Å²) >= 11 is 0. The molecule has 3 heterocycles. The van der Waals surface area contributed by atoms with Gasteiger partial charge in [-0.1, -0.05) is 0 Å². The van der Waals surface area contributed by atoms with Gasteiger partial charge in [0.15, 0.2) is 0 Å². The molecule has 7 heteroatoms. The molecule has 2 aromatic rings. The molecule has 0 unspecified atom stereocenters. The molecule has 1 aliphatic heterocycles. The third-order valence-corrected chi connectivity index (χ3v) is 5.21. The second-order valence-electron chi connectivity index (χ2n) is 6.96. The predicted octanol–water partition coefficient (Wildman–Crippen LogP) is 1.31. The van der Waals surface area contributed by atoms with E-state index in [0.717, 1.165) is 18.5 Å². The topological polar surface area (TPSA) is 86.3 Å². The Labute approximate surface area is 146 Å². The number of ether oxygens (including phenoxy) is 1. The highest BCUT2D eigenvalue weighted by Gasteiger charge is 2.35. The molecule has 0 spiro atoms. The van der Waals surface area contributed by atoms with E-state index in [9.17, 15) is 4.79 Å². The van der Waals surface area contributed by atoms with Gasteiger partial charge in [0.25, 0.3) is 5.91 Å². The number of likely N-dealkylation sites (tertiary alicyclic amines) is 1. The summed E-state index contributed by atoms with van der Waals surface area (Å²) < 4.78 is 7.77. The maximum Gasteiger partial charge on any atom is 0.254 e. The number of nitrogens with zero attached hydrogens (tertiary/aromatic N) is 4. The summed E-state index contributed by atoms with van der Waals surface area (Å²) in [5, 5.41) is 0. The highest BCUT2D eigenvalue weighted by molar-refractivity contribution is 5.94. The Bertz CT molecular complexity index is 770. The molecule has 25 heavy (non-hydrogen) atoms. The number of hydrogen-bond donors (Lipinski definition) is 1. The maximum atomic E-state index is 12.9. The zero-order chi connectivity index (χ0) is 17.4. The monoisotopic (exact) mass is 341 g/mol. The SMILES string of the molecule is Cn1cncc1[C@@H]1CN(C(=O)c2ccnc(OC3CCC3)c2)C[C@H]1N. The summed E-state index contributed by atoms with van der Waals surface area (Å²) in [7, 11) is 1.95. The molecule has 1 saturated heterocycles. The lowest BCUT2D eigenvalue weighted by Crippen LogP contribution is -2.32. The zero-order valence-electron chi connectivity index (χ0n) is 14.3. The van der Waals surface area contributed by atoms with Crippen molar-refractivity contribution >= 4 is 5.91 Å². The fourth-order valence-electron chi connectivity index (χ4n) is 3.48. The molecule has 1 amide bonds. The van der Waals surface area contributed by atoms with Gasteiger partial charge in [-0.05, 0) is 25.3 Å². The average molecular weight is 341 g/mol. The number of imidazole rings is 1. The van der Waals surface area contributed by atoms with E-state index in [1.54, 1.807) is 24.7 Å². The van der Waals surface area contributed by atoms with E-state index in [4.69, 9.17) is 10.5 Å². The molecule has 0 bridgehead atoms. The first-order valence-corrected chi connectivity index (χ1v) is 8.75. The molecular weight excluding hydrogens is 318 g/mol. The van der Waals surface area contributed by atoms with Crippen molar-refractivity contribution in [1.29, 1.82) is 0 Å². The summed E-state index contributed by atoms with van der Waals surface area (Å²) in [5.41, 5.74) is 7.96. The molecule has 1 saturated carbocycles. The Balaban J connectivity index is 1.47. The first kappa shape index (κ1) is 16.1. The Kier molecular flexibility index (Phi) is 4.17. The first-order valence-electron chi connectivity index (χ1n) is 8.75. The Morgan fingerprint density at radius 2 is 2.20 bits per heavy atom. The van der Waals surface area contributed by atoms with Crippen LogP contribution in [0.25, 0.3) is 0 Å². The van der Waals surface area contributed by atoms with Crippen molar-refractivity contribution in [2.24, 2.45) is 12.8 Å². The van der Waals surface area contributed by atoms with Crippen LogP contribution in [0.2, 0.25) is 0 Å². The number of pyridine rings is 1. The van der Waals surface area contributed by atoms with E-state index in [2.05, 4.69) is 9.97 Å². The van der Waals surface area contributed by atoms with Gasteiger partial charge in [0.2, 0.25) is 5.88 Å². The van der Waals surface area contributed by atoms with Crippen LogP contribution in [0.3, 0.4) is 0 Å². The third-order valence-electron chi connectivity index (χ3n) is 5.21. The van der Waals surface area contributed by atoms with Gasteiger partial charge >= 0.3 is 0 Å². The Morgan fingerprint density at radius 3 is 2.88 bits per heavy atom. The van der Waals surface area contributed by atoms with Gasteiger partial charge in [-0.25, -0.2) is 9.97 Å². The van der Waals surface area contributed by atoms with Gasteiger partial charge in [-0.3, -0.25) is 4.79 Å². The van der Waals surface area contributed by atoms with E-state index in [-0.39, 0.29) is 24.0 Å². The summed E-state index contributed by atoms with van der Waals surface area (Å²) in [6.45, 7) is 1.14. The normalized spacial score (nSPS) is 23.5. The standard InChI is InChI=1S/C18H23N5O2/c1-22-11-20-8-16(22)14-9-23(10-15(14)19)18(24)12-5-6-21-17(7-12)25-13-3-2-4-13/h5-8,11,13-15H,2-4,9-10,19H2,1H3/t14-,15-/m1/s1.